The van der Waals surface area contributed by atoms with Gasteiger partial charge in [0, 0.05) is 26.7 Å². The van der Waals surface area contributed by atoms with Crippen molar-refractivity contribution in [3.63, 3.8) is 0 Å². The van der Waals surface area contributed by atoms with Gasteiger partial charge in [0.2, 0.25) is 5.91 Å². The van der Waals surface area contributed by atoms with Gasteiger partial charge in [0.15, 0.2) is 0 Å². The molecule has 8 nitrogen and oxygen atoms in total. The Kier molecular flexibility index (Phi) is 11.6. The van der Waals surface area contributed by atoms with Crippen molar-refractivity contribution < 1.29 is 23.9 Å². The van der Waals surface area contributed by atoms with E-state index in [0.29, 0.717) is 34.9 Å². The molecule has 0 saturated heterocycles. The molecule has 0 fully saturated rings. The SMILES string of the molecule is CCC(Sc1cccc(NC(=O)/C(=C/c2ccc(Br)cc2)NC(=O)c2ccccc2)c1)C(=O)Nc1ccc(OC)cc1OC. The number of hydrogen-bond acceptors (Lipinski definition) is 6. The fraction of sp³-hybridized carbons (Fsp3) is 0.147. The maximum absolute atomic E-state index is 13.5. The van der Waals surface area contributed by atoms with E-state index in [-0.39, 0.29) is 11.6 Å². The summed E-state index contributed by atoms with van der Waals surface area (Å²) >= 11 is 4.80. The van der Waals surface area contributed by atoms with Gasteiger partial charge in [0.1, 0.15) is 17.2 Å². The second kappa shape index (κ2) is 15.8. The first-order valence-electron chi connectivity index (χ1n) is 13.7. The number of hydrogen-bond donors (Lipinski definition) is 3. The Bertz CT molecular complexity index is 1640. The lowest BCUT2D eigenvalue weighted by atomic mass is 10.1. The molecule has 0 aliphatic carbocycles. The number of rotatable bonds is 12. The van der Waals surface area contributed by atoms with Crippen LogP contribution in [0.25, 0.3) is 6.08 Å². The molecule has 0 aromatic heterocycles. The van der Waals surface area contributed by atoms with Crippen molar-refractivity contribution in [2.45, 2.75) is 23.5 Å². The largest absolute Gasteiger partial charge is 0.497 e. The van der Waals surface area contributed by atoms with Crippen molar-refractivity contribution in [3.8, 4) is 11.5 Å². The molecule has 0 spiro atoms. The summed E-state index contributed by atoms with van der Waals surface area (Å²) in [5.41, 5.74) is 2.31. The molecule has 1 atom stereocenters. The average molecular weight is 675 g/mol. The first-order valence-corrected chi connectivity index (χ1v) is 15.4. The van der Waals surface area contributed by atoms with Crippen LogP contribution in [0.1, 0.15) is 29.3 Å². The normalized spacial score (nSPS) is 11.7. The molecular weight excluding hydrogens is 642 g/mol. The third-order valence-electron chi connectivity index (χ3n) is 6.41. The molecule has 0 aliphatic rings. The van der Waals surface area contributed by atoms with E-state index in [1.54, 1.807) is 73.8 Å². The third kappa shape index (κ3) is 8.98. The molecule has 4 rings (SSSR count). The van der Waals surface area contributed by atoms with Crippen LogP contribution in [0.2, 0.25) is 0 Å². The van der Waals surface area contributed by atoms with Crippen molar-refractivity contribution in [2.24, 2.45) is 0 Å². The van der Waals surface area contributed by atoms with Gasteiger partial charge < -0.3 is 25.4 Å². The van der Waals surface area contributed by atoms with Crippen LogP contribution >= 0.6 is 27.7 Å². The molecule has 0 heterocycles. The van der Waals surface area contributed by atoms with E-state index in [0.717, 1.165) is 14.9 Å². The highest BCUT2D eigenvalue weighted by Gasteiger charge is 2.21. The Morgan fingerprint density at radius 2 is 1.61 bits per heavy atom. The van der Waals surface area contributed by atoms with E-state index in [1.165, 1.54) is 18.9 Å². The number of benzene rings is 4. The predicted octanol–water partition coefficient (Wildman–Crippen LogP) is 7.39. The molecule has 3 amide bonds. The number of halogens is 1. The van der Waals surface area contributed by atoms with Gasteiger partial charge in [-0.05, 0) is 72.7 Å². The lowest BCUT2D eigenvalue weighted by molar-refractivity contribution is -0.116. The van der Waals surface area contributed by atoms with Crippen LogP contribution in [0.3, 0.4) is 0 Å². The smallest absolute Gasteiger partial charge is 0.272 e. The van der Waals surface area contributed by atoms with E-state index >= 15 is 0 Å². The van der Waals surface area contributed by atoms with Crippen LogP contribution in [0.15, 0.2) is 112 Å². The minimum Gasteiger partial charge on any atom is -0.497 e. The van der Waals surface area contributed by atoms with Gasteiger partial charge in [0.05, 0.1) is 25.2 Å². The number of carbonyl (C=O) groups excluding carboxylic acids is 3. The number of nitrogens with one attached hydrogen (secondary N) is 3. The fourth-order valence-electron chi connectivity index (χ4n) is 4.12. The molecule has 4 aromatic carbocycles. The van der Waals surface area contributed by atoms with Crippen molar-refractivity contribution in [3.05, 3.63) is 118 Å². The van der Waals surface area contributed by atoms with Crippen LogP contribution in [0.4, 0.5) is 11.4 Å². The van der Waals surface area contributed by atoms with Crippen LogP contribution in [0.5, 0.6) is 11.5 Å². The van der Waals surface area contributed by atoms with Crippen molar-refractivity contribution >= 4 is 62.9 Å². The fourth-order valence-corrected chi connectivity index (χ4v) is 5.39. The molecule has 0 aliphatic heterocycles. The Balaban J connectivity index is 1.49. The zero-order valence-corrected chi connectivity index (χ0v) is 26.8. The summed E-state index contributed by atoms with van der Waals surface area (Å²) in [4.78, 5) is 40.4. The molecule has 4 aromatic rings. The molecule has 3 N–H and O–H groups in total. The highest BCUT2D eigenvalue weighted by molar-refractivity contribution is 9.10. The van der Waals surface area contributed by atoms with Crippen molar-refractivity contribution in [1.29, 1.82) is 0 Å². The van der Waals surface area contributed by atoms with Crippen LogP contribution < -0.4 is 25.4 Å². The maximum Gasteiger partial charge on any atom is 0.272 e. The zero-order valence-electron chi connectivity index (χ0n) is 24.4. The van der Waals surface area contributed by atoms with Gasteiger partial charge in [-0.15, -0.1) is 11.8 Å². The molecule has 10 heteroatoms. The minimum absolute atomic E-state index is 0.0819. The quantitative estimate of drug-likeness (QED) is 0.107. The highest BCUT2D eigenvalue weighted by Crippen LogP contribution is 2.32. The number of amides is 3. The van der Waals surface area contributed by atoms with Crippen LogP contribution in [-0.2, 0) is 9.59 Å². The van der Waals surface area contributed by atoms with E-state index < -0.39 is 17.1 Å². The van der Waals surface area contributed by atoms with Crippen LogP contribution in [0, 0.1) is 0 Å². The lowest BCUT2D eigenvalue weighted by Gasteiger charge is -2.17. The van der Waals surface area contributed by atoms with Gasteiger partial charge in [-0.25, -0.2) is 0 Å². The second-order valence-electron chi connectivity index (χ2n) is 9.48. The standard InChI is InChI=1S/C34H32BrN3O5S/c1-4-31(34(41)37-28-18-17-26(42-2)21-30(28)43-3)44-27-12-8-11-25(20-27)36-33(40)29(19-22-13-15-24(35)16-14-22)38-32(39)23-9-6-5-7-10-23/h5-21,31H,4H2,1-3H3,(H,36,40)(H,37,41)(H,38,39)/b29-19-. The first-order chi connectivity index (χ1) is 21.3. The first kappa shape index (κ1) is 32.4. The average Bonchev–Trinajstić information content (AvgIpc) is 3.04. The van der Waals surface area contributed by atoms with E-state index in [4.69, 9.17) is 9.47 Å². The van der Waals surface area contributed by atoms with E-state index in [2.05, 4.69) is 31.9 Å². The second-order valence-corrected chi connectivity index (χ2v) is 11.7. The Morgan fingerprint density at radius 1 is 0.864 bits per heavy atom. The highest BCUT2D eigenvalue weighted by atomic mass is 79.9. The summed E-state index contributed by atoms with van der Waals surface area (Å²) in [6.45, 7) is 1.93. The number of anilines is 2. The van der Waals surface area contributed by atoms with E-state index in [1.807, 2.05) is 43.3 Å². The van der Waals surface area contributed by atoms with Gasteiger partial charge in [-0.2, -0.15) is 0 Å². The monoisotopic (exact) mass is 673 g/mol. The van der Waals surface area contributed by atoms with Crippen molar-refractivity contribution in [2.75, 3.05) is 24.9 Å². The van der Waals surface area contributed by atoms with Crippen LogP contribution in [-0.4, -0.2) is 37.2 Å². The Labute approximate surface area is 269 Å². The summed E-state index contributed by atoms with van der Waals surface area (Å²) in [5.74, 6) is 0.0383. The Morgan fingerprint density at radius 3 is 2.30 bits per heavy atom. The zero-order chi connectivity index (χ0) is 31.5. The summed E-state index contributed by atoms with van der Waals surface area (Å²) < 4.78 is 11.5. The number of carbonyl (C=O) groups is 3. The molecule has 0 saturated carbocycles. The van der Waals surface area contributed by atoms with Crippen molar-refractivity contribution in [1.82, 2.24) is 5.32 Å². The third-order valence-corrected chi connectivity index (χ3v) is 8.30. The Hall–Kier alpha value is -4.54. The lowest BCUT2D eigenvalue weighted by Crippen LogP contribution is -2.30. The summed E-state index contributed by atoms with van der Waals surface area (Å²) in [6, 6.07) is 28.5. The van der Waals surface area contributed by atoms with Gasteiger partial charge in [-0.1, -0.05) is 59.3 Å². The predicted molar refractivity (Wildman–Crippen MR) is 179 cm³/mol. The van der Waals surface area contributed by atoms with Gasteiger partial charge in [-0.3, -0.25) is 14.4 Å². The topological polar surface area (TPSA) is 106 Å². The molecule has 44 heavy (non-hydrogen) atoms. The maximum atomic E-state index is 13.5. The van der Waals surface area contributed by atoms with Gasteiger partial charge >= 0.3 is 0 Å². The number of thioether (sulfide) groups is 1. The minimum atomic E-state index is -0.490. The molecule has 0 radical (unpaired) electrons. The molecule has 0 bridgehead atoms. The number of methoxy groups -OCH3 is 2. The molecule has 226 valence electrons. The molecule has 1 unspecified atom stereocenters. The van der Waals surface area contributed by atoms with E-state index in [9.17, 15) is 14.4 Å². The summed E-state index contributed by atoms with van der Waals surface area (Å²) in [6.07, 6.45) is 2.18. The molecular formula is C34H32BrN3O5S. The summed E-state index contributed by atoms with van der Waals surface area (Å²) in [7, 11) is 3.09. The number of ether oxygens (including phenoxy) is 2. The summed E-state index contributed by atoms with van der Waals surface area (Å²) in [5, 5.41) is 8.16. The van der Waals surface area contributed by atoms with Gasteiger partial charge in [0.25, 0.3) is 11.8 Å².